The standard InChI is InChI=1S/C19H23FN2O3/c1-24-19-5-4-14(20)11-17(19)18(23)13-22-9-6-15(7-10-22)25-16-3-2-8-21-12-16/h2-5,8,11-12,15,18,23H,6-7,9-10,13H2,1H3/t18-/m1/s1. The van der Waals surface area contributed by atoms with Gasteiger partial charge in [0, 0.05) is 31.4 Å². The molecule has 1 saturated heterocycles. The Labute approximate surface area is 147 Å². The van der Waals surface area contributed by atoms with Gasteiger partial charge in [0.15, 0.2) is 0 Å². The molecule has 0 saturated carbocycles. The SMILES string of the molecule is COc1ccc(F)cc1[C@H](O)CN1CCC(Oc2cccnc2)CC1. The maximum Gasteiger partial charge on any atom is 0.137 e. The third kappa shape index (κ3) is 4.67. The third-order valence-electron chi connectivity index (χ3n) is 4.45. The molecule has 1 aliphatic heterocycles. The maximum atomic E-state index is 13.5. The molecular weight excluding hydrogens is 323 g/mol. The topological polar surface area (TPSA) is 54.8 Å². The summed E-state index contributed by atoms with van der Waals surface area (Å²) in [5.74, 6) is 0.910. The van der Waals surface area contributed by atoms with Crippen molar-refractivity contribution < 1.29 is 19.0 Å². The highest BCUT2D eigenvalue weighted by Crippen LogP contribution is 2.27. The Kier molecular flexibility index (Phi) is 5.83. The van der Waals surface area contributed by atoms with Crippen LogP contribution < -0.4 is 9.47 Å². The van der Waals surface area contributed by atoms with Crippen molar-refractivity contribution in [3.8, 4) is 11.5 Å². The first-order valence-electron chi connectivity index (χ1n) is 8.46. The molecule has 2 heterocycles. The van der Waals surface area contributed by atoms with Crippen LogP contribution in [0.4, 0.5) is 4.39 Å². The molecule has 25 heavy (non-hydrogen) atoms. The fraction of sp³-hybridized carbons (Fsp3) is 0.421. The number of hydrogen-bond acceptors (Lipinski definition) is 5. The summed E-state index contributed by atoms with van der Waals surface area (Å²) in [6.07, 6.45) is 4.55. The van der Waals surface area contributed by atoms with Gasteiger partial charge < -0.3 is 19.5 Å². The number of pyridine rings is 1. The van der Waals surface area contributed by atoms with Crippen LogP contribution in [0, 0.1) is 5.82 Å². The van der Waals surface area contributed by atoms with Gasteiger partial charge in [0.1, 0.15) is 23.4 Å². The van der Waals surface area contributed by atoms with Crippen LogP contribution in [0.3, 0.4) is 0 Å². The Morgan fingerprint density at radius 1 is 1.32 bits per heavy atom. The first kappa shape index (κ1) is 17.6. The summed E-state index contributed by atoms with van der Waals surface area (Å²) in [7, 11) is 1.52. The van der Waals surface area contributed by atoms with E-state index in [1.165, 1.54) is 19.2 Å². The number of methoxy groups -OCH3 is 1. The lowest BCUT2D eigenvalue weighted by atomic mass is 10.0. The van der Waals surface area contributed by atoms with Crippen LogP contribution in [0.25, 0.3) is 0 Å². The van der Waals surface area contributed by atoms with Gasteiger partial charge in [-0.3, -0.25) is 4.98 Å². The third-order valence-corrected chi connectivity index (χ3v) is 4.45. The van der Waals surface area contributed by atoms with Gasteiger partial charge in [0.05, 0.1) is 19.4 Å². The Morgan fingerprint density at radius 3 is 2.80 bits per heavy atom. The zero-order valence-electron chi connectivity index (χ0n) is 14.3. The van der Waals surface area contributed by atoms with E-state index in [1.54, 1.807) is 18.5 Å². The van der Waals surface area contributed by atoms with E-state index < -0.39 is 6.10 Å². The first-order valence-corrected chi connectivity index (χ1v) is 8.46. The number of β-amino-alcohol motifs (C(OH)–C–C–N with tert-alkyl or cyclic N) is 1. The van der Waals surface area contributed by atoms with Crippen LogP contribution >= 0.6 is 0 Å². The lowest BCUT2D eigenvalue weighted by molar-refractivity contribution is 0.0599. The number of rotatable bonds is 6. The van der Waals surface area contributed by atoms with Crippen molar-refractivity contribution in [2.45, 2.75) is 25.0 Å². The Morgan fingerprint density at radius 2 is 2.12 bits per heavy atom. The summed E-state index contributed by atoms with van der Waals surface area (Å²) in [6.45, 7) is 2.08. The van der Waals surface area contributed by atoms with Crippen LogP contribution in [-0.4, -0.2) is 47.8 Å². The fourth-order valence-corrected chi connectivity index (χ4v) is 3.13. The number of aromatic nitrogens is 1. The van der Waals surface area contributed by atoms with E-state index in [0.29, 0.717) is 17.9 Å². The van der Waals surface area contributed by atoms with Gasteiger partial charge in [0.25, 0.3) is 0 Å². The smallest absolute Gasteiger partial charge is 0.137 e. The molecule has 1 fully saturated rings. The van der Waals surface area contributed by atoms with Gasteiger partial charge in [-0.25, -0.2) is 4.39 Å². The molecule has 5 nitrogen and oxygen atoms in total. The average molecular weight is 346 g/mol. The minimum atomic E-state index is -0.790. The van der Waals surface area contributed by atoms with Crippen molar-refractivity contribution in [1.82, 2.24) is 9.88 Å². The molecule has 1 aromatic carbocycles. The number of likely N-dealkylation sites (tertiary alicyclic amines) is 1. The molecule has 6 heteroatoms. The normalized spacial score (nSPS) is 17.2. The highest BCUT2D eigenvalue weighted by atomic mass is 19.1. The molecule has 1 atom stereocenters. The lowest BCUT2D eigenvalue weighted by Gasteiger charge is -2.33. The molecule has 0 amide bonds. The van der Waals surface area contributed by atoms with Crippen molar-refractivity contribution in [3.63, 3.8) is 0 Å². The minimum Gasteiger partial charge on any atom is -0.496 e. The van der Waals surface area contributed by atoms with Gasteiger partial charge in [0.2, 0.25) is 0 Å². The molecule has 134 valence electrons. The number of benzene rings is 1. The van der Waals surface area contributed by atoms with Crippen molar-refractivity contribution in [2.75, 3.05) is 26.7 Å². The molecule has 0 bridgehead atoms. The second-order valence-electron chi connectivity index (χ2n) is 6.21. The van der Waals surface area contributed by atoms with E-state index >= 15 is 0 Å². The highest BCUT2D eigenvalue weighted by molar-refractivity contribution is 5.35. The van der Waals surface area contributed by atoms with Gasteiger partial charge in [-0.05, 0) is 43.2 Å². The second-order valence-corrected chi connectivity index (χ2v) is 6.21. The van der Waals surface area contributed by atoms with Crippen LogP contribution in [0.15, 0.2) is 42.7 Å². The van der Waals surface area contributed by atoms with Crippen LogP contribution in [0.1, 0.15) is 24.5 Å². The Bertz CT molecular complexity index is 676. The van der Waals surface area contributed by atoms with Gasteiger partial charge >= 0.3 is 0 Å². The molecule has 3 rings (SSSR count). The van der Waals surface area contributed by atoms with E-state index in [-0.39, 0.29) is 11.9 Å². The van der Waals surface area contributed by atoms with Gasteiger partial charge in [-0.1, -0.05) is 0 Å². The number of aliphatic hydroxyl groups is 1. The predicted octanol–water partition coefficient (Wildman–Crippen LogP) is 2.81. The van der Waals surface area contributed by atoms with E-state index in [2.05, 4.69) is 9.88 Å². The van der Waals surface area contributed by atoms with Crippen molar-refractivity contribution in [1.29, 1.82) is 0 Å². The van der Waals surface area contributed by atoms with E-state index in [4.69, 9.17) is 9.47 Å². The Hall–Kier alpha value is -2.18. The number of ether oxygens (including phenoxy) is 2. The summed E-state index contributed by atoms with van der Waals surface area (Å²) in [6, 6.07) is 7.96. The molecule has 1 aromatic heterocycles. The van der Waals surface area contributed by atoms with Crippen molar-refractivity contribution in [3.05, 3.63) is 54.1 Å². The average Bonchev–Trinajstić information content (AvgIpc) is 2.64. The molecule has 0 spiro atoms. The van der Waals surface area contributed by atoms with E-state index in [9.17, 15) is 9.50 Å². The van der Waals surface area contributed by atoms with Crippen molar-refractivity contribution in [2.24, 2.45) is 0 Å². The van der Waals surface area contributed by atoms with Crippen LogP contribution in [0.2, 0.25) is 0 Å². The predicted molar refractivity (Wildman–Crippen MR) is 92.2 cm³/mol. The summed E-state index contributed by atoms with van der Waals surface area (Å²) < 4.78 is 24.6. The largest absolute Gasteiger partial charge is 0.496 e. The maximum absolute atomic E-state index is 13.5. The number of aliphatic hydroxyl groups excluding tert-OH is 1. The number of halogens is 1. The summed E-state index contributed by atoms with van der Waals surface area (Å²) in [4.78, 5) is 6.22. The monoisotopic (exact) mass is 346 g/mol. The zero-order chi connectivity index (χ0) is 17.6. The molecule has 1 N–H and O–H groups in total. The molecule has 0 radical (unpaired) electrons. The number of nitrogens with zero attached hydrogens (tertiary/aromatic N) is 2. The van der Waals surface area contributed by atoms with Gasteiger partial charge in [-0.15, -0.1) is 0 Å². The van der Waals surface area contributed by atoms with Gasteiger partial charge in [-0.2, -0.15) is 0 Å². The first-order chi connectivity index (χ1) is 12.2. The van der Waals surface area contributed by atoms with Crippen LogP contribution in [0.5, 0.6) is 11.5 Å². The second kappa shape index (κ2) is 8.27. The Balaban J connectivity index is 1.53. The fourth-order valence-electron chi connectivity index (χ4n) is 3.13. The highest BCUT2D eigenvalue weighted by Gasteiger charge is 2.24. The van der Waals surface area contributed by atoms with E-state index in [1.807, 2.05) is 12.1 Å². The molecule has 2 aromatic rings. The zero-order valence-corrected chi connectivity index (χ0v) is 14.3. The van der Waals surface area contributed by atoms with E-state index in [0.717, 1.165) is 31.7 Å². The van der Waals surface area contributed by atoms with Crippen molar-refractivity contribution >= 4 is 0 Å². The summed E-state index contributed by atoms with van der Waals surface area (Å²) in [5.41, 5.74) is 0.483. The minimum absolute atomic E-state index is 0.154. The number of hydrogen-bond donors (Lipinski definition) is 1. The molecule has 0 unspecified atom stereocenters. The van der Waals surface area contributed by atoms with Crippen LogP contribution in [-0.2, 0) is 0 Å². The lowest BCUT2D eigenvalue weighted by Crippen LogP contribution is -2.40. The quantitative estimate of drug-likeness (QED) is 0.872. The molecular formula is C19H23FN2O3. The number of piperidine rings is 1. The molecule has 1 aliphatic rings. The summed E-state index contributed by atoms with van der Waals surface area (Å²) in [5, 5.41) is 10.5. The molecule has 0 aliphatic carbocycles. The summed E-state index contributed by atoms with van der Waals surface area (Å²) >= 11 is 0.